The molecule has 2 N–H and O–H groups in total. The van der Waals surface area contributed by atoms with E-state index < -0.39 is 0 Å². The molecular formula is C15H26N4OS. The summed E-state index contributed by atoms with van der Waals surface area (Å²) >= 11 is 1.38. The van der Waals surface area contributed by atoms with Gasteiger partial charge in [-0.1, -0.05) is 33.6 Å². The highest BCUT2D eigenvalue weighted by molar-refractivity contribution is 7.09. The van der Waals surface area contributed by atoms with Crippen molar-refractivity contribution in [1.82, 2.24) is 14.7 Å². The van der Waals surface area contributed by atoms with Crippen LogP contribution in [-0.4, -0.2) is 28.4 Å². The molecule has 0 aliphatic heterocycles. The van der Waals surface area contributed by atoms with Crippen LogP contribution in [0.15, 0.2) is 0 Å². The van der Waals surface area contributed by atoms with Crippen molar-refractivity contribution in [1.29, 1.82) is 0 Å². The van der Waals surface area contributed by atoms with Crippen LogP contribution in [-0.2, 0) is 10.2 Å². The molecule has 0 aromatic carbocycles. The Bertz CT molecular complexity index is 460. The van der Waals surface area contributed by atoms with E-state index >= 15 is 0 Å². The Morgan fingerprint density at radius 3 is 2.62 bits per heavy atom. The van der Waals surface area contributed by atoms with Gasteiger partial charge in [0.1, 0.15) is 5.82 Å². The Morgan fingerprint density at radius 1 is 1.29 bits per heavy atom. The number of aromatic nitrogens is 2. The Hall–Kier alpha value is -1.17. The molecule has 1 heterocycles. The number of hydrogen-bond donors (Lipinski definition) is 2. The van der Waals surface area contributed by atoms with Crippen LogP contribution in [0, 0.1) is 5.92 Å². The van der Waals surface area contributed by atoms with Crippen molar-refractivity contribution < 1.29 is 4.79 Å². The van der Waals surface area contributed by atoms with Crippen LogP contribution in [0.3, 0.4) is 0 Å². The van der Waals surface area contributed by atoms with Gasteiger partial charge < -0.3 is 10.6 Å². The van der Waals surface area contributed by atoms with Crippen molar-refractivity contribution in [3.63, 3.8) is 0 Å². The molecule has 1 amide bonds. The number of amides is 1. The van der Waals surface area contributed by atoms with Crippen LogP contribution < -0.4 is 10.6 Å². The Labute approximate surface area is 131 Å². The number of carbonyl (C=O) groups excluding carboxylic acids is 1. The first-order chi connectivity index (χ1) is 9.95. The minimum atomic E-state index is -0.0219. The van der Waals surface area contributed by atoms with Crippen LogP contribution in [0.25, 0.3) is 0 Å². The maximum atomic E-state index is 11.8. The lowest BCUT2D eigenvalue weighted by Crippen LogP contribution is -2.29. The number of anilines is 1. The van der Waals surface area contributed by atoms with Crippen molar-refractivity contribution in [2.75, 3.05) is 18.4 Å². The zero-order valence-electron chi connectivity index (χ0n) is 13.2. The summed E-state index contributed by atoms with van der Waals surface area (Å²) in [5, 5.41) is 7.01. The van der Waals surface area contributed by atoms with Crippen molar-refractivity contribution in [2.45, 2.75) is 58.3 Å². The normalized spacial score (nSPS) is 16.1. The fraction of sp³-hybridized carbons (Fsp3) is 0.800. The average Bonchev–Trinajstić information content (AvgIpc) is 3.04. The highest BCUT2D eigenvalue weighted by atomic mass is 32.1. The first-order valence-electron chi connectivity index (χ1n) is 7.80. The standard InChI is InChI=1S/C15H26N4OS/c1-15(2,3)13-18-14(21-19-13)17-9-8-16-12(20)10-11-6-4-5-7-11/h11H,4-10H2,1-3H3,(H,16,20)(H,17,18,19). The first-order valence-corrected chi connectivity index (χ1v) is 8.57. The second-order valence-electron chi connectivity index (χ2n) is 6.80. The SMILES string of the molecule is CC(C)(C)c1nsc(NCCNC(=O)CC2CCCC2)n1. The van der Waals surface area contributed by atoms with E-state index in [-0.39, 0.29) is 11.3 Å². The topological polar surface area (TPSA) is 66.9 Å². The van der Waals surface area contributed by atoms with Crippen molar-refractivity contribution >= 4 is 22.6 Å². The number of rotatable bonds is 6. The number of nitrogens with zero attached hydrogens (tertiary/aromatic N) is 2. The lowest BCUT2D eigenvalue weighted by molar-refractivity contribution is -0.121. The number of nitrogens with one attached hydrogen (secondary N) is 2. The summed E-state index contributed by atoms with van der Waals surface area (Å²) in [5.41, 5.74) is -0.0219. The summed E-state index contributed by atoms with van der Waals surface area (Å²) in [6.45, 7) is 7.62. The van der Waals surface area contributed by atoms with E-state index in [0.717, 1.165) is 11.0 Å². The molecule has 0 radical (unpaired) electrons. The van der Waals surface area contributed by atoms with Crippen molar-refractivity contribution in [3.05, 3.63) is 5.82 Å². The summed E-state index contributed by atoms with van der Waals surface area (Å²) in [7, 11) is 0. The molecule has 2 rings (SSSR count). The molecule has 1 fully saturated rings. The van der Waals surface area contributed by atoms with Crippen LogP contribution in [0.2, 0.25) is 0 Å². The van der Waals surface area contributed by atoms with Crippen LogP contribution in [0.1, 0.15) is 58.7 Å². The third-order valence-corrected chi connectivity index (χ3v) is 4.44. The van der Waals surface area contributed by atoms with Gasteiger partial charge in [0.15, 0.2) is 0 Å². The van der Waals surface area contributed by atoms with E-state index in [2.05, 4.69) is 40.8 Å². The van der Waals surface area contributed by atoms with Gasteiger partial charge in [0.05, 0.1) is 0 Å². The summed E-state index contributed by atoms with van der Waals surface area (Å²) < 4.78 is 4.35. The zero-order chi connectivity index (χ0) is 15.3. The Balaban J connectivity index is 1.63. The first kappa shape index (κ1) is 16.2. The second-order valence-corrected chi connectivity index (χ2v) is 7.56. The van der Waals surface area contributed by atoms with E-state index in [9.17, 15) is 4.79 Å². The van der Waals surface area contributed by atoms with Gasteiger partial charge in [-0.05, 0) is 18.8 Å². The van der Waals surface area contributed by atoms with Gasteiger partial charge in [0.25, 0.3) is 0 Å². The molecule has 1 aromatic rings. The fourth-order valence-corrected chi connectivity index (χ4v) is 3.30. The third-order valence-electron chi connectivity index (χ3n) is 3.77. The van der Waals surface area contributed by atoms with E-state index in [0.29, 0.717) is 25.4 Å². The molecule has 1 aliphatic carbocycles. The van der Waals surface area contributed by atoms with Gasteiger partial charge in [0.2, 0.25) is 11.0 Å². The van der Waals surface area contributed by atoms with Crippen molar-refractivity contribution in [2.24, 2.45) is 5.92 Å². The minimum absolute atomic E-state index is 0.0219. The van der Waals surface area contributed by atoms with Gasteiger partial charge in [-0.2, -0.15) is 4.37 Å². The lowest BCUT2D eigenvalue weighted by atomic mass is 9.96. The van der Waals surface area contributed by atoms with Crippen LogP contribution in [0.5, 0.6) is 0 Å². The van der Waals surface area contributed by atoms with Gasteiger partial charge in [-0.15, -0.1) is 0 Å². The molecule has 0 atom stereocenters. The smallest absolute Gasteiger partial charge is 0.220 e. The zero-order valence-corrected chi connectivity index (χ0v) is 14.1. The fourth-order valence-electron chi connectivity index (χ4n) is 2.52. The summed E-state index contributed by atoms with van der Waals surface area (Å²) in [6, 6.07) is 0. The molecule has 6 heteroatoms. The molecule has 1 aliphatic rings. The van der Waals surface area contributed by atoms with E-state index in [1.807, 2.05) is 0 Å². The predicted molar refractivity (Wildman–Crippen MR) is 86.7 cm³/mol. The van der Waals surface area contributed by atoms with Gasteiger partial charge in [-0.25, -0.2) is 4.98 Å². The molecule has 0 bridgehead atoms. The Kier molecular flexibility index (Phi) is 5.56. The molecule has 5 nitrogen and oxygen atoms in total. The van der Waals surface area contributed by atoms with Gasteiger partial charge in [0, 0.05) is 36.5 Å². The van der Waals surface area contributed by atoms with E-state index in [4.69, 9.17) is 0 Å². The second kappa shape index (κ2) is 7.20. The largest absolute Gasteiger partial charge is 0.359 e. The van der Waals surface area contributed by atoms with Crippen LogP contribution in [0.4, 0.5) is 5.13 Å². The molecular weight excluding hydrogens is 284 g/mol. The maximum Gasteiger partial charge on any atom is 0.220 e. The summed E-state index contributed by atoms with van der Waals surface area (Å²) in [6.07, 6.45) is 5.68. The lowest BCUT2D eigenvalue weighted by Gasteiger charge is -2.12. The molecule has 118 valence electrons. The quantitative estimate of drug-likeness (QED) is 0.793. The van der Waals surface area contributed by atoms with Crippen molar-refractivity contribution in [3.8, 4) is 0 Å². The molecule has 0 unspecified atom stereocenters. The average molecular weight is 310 g/mol. The van der Waals surface area contributed by atoms with Gasteiger partial charge in [-0.3, -0.25) is 4.79 Å². The highest BCUT2D eigenvalue weighted by Crippen LogP contribution is 2.27. The highest BCUT2D eigenvalue weighted by Gasteiger charge is 2.20. The Morgan fingerprint density at radius 2 is 2.00 bits per heavy atom. The summed E-state index contributed by atoms with van der Waals surface area (Å²) in [4.78, 5) is 16.2. The minimum Gasteiger partial charge on any atom is -0.359 e. The third kappa shape index (κ3) is 5.26. The number of hydrogen-bond acceptors (Lipinski definition) is 5. The predicted octanol–water partition coefficient (Wildman–Crippen LogP) is 2.94. The van der Waals surface area contributed by atoms with E-state index in [1.54, 1.807) is 0 Å². The molecule has 1 aromatic heterocycles. The molecule has 0 saturated heterocycles. The molecule has 1 saturated carbocycles. The molecule has 0 spiro atoms. The number of carbonyl (C=O) groups is 1. The van der Waals surface area contributed by atoms with Gasteiger partial charge >= 0.3 is 0 Å². The summed E-state index contributed by atoms with van der Waals surface area (Å²) in [5.74, 6) is 1.65. The monoisotopic (exact) mass is 310 g/mol. The molecule has 21 heavy (non-hydrogen) atoms. The maximum absolute atomic E-state index is 11.8. The van der Waals surface area contributed by atoms with Crippen LogP contribution >= 0.6 is 11.5 Å². The van der Waals surface area contributed by atoms with E-state index in [1.165, 1.54) is 37.2 Å².